The zero-order valence-corrected chi connectivity index (χ0v) is 18.2. The SMILES string of the molecule is CC[C@@H](C(=O)NC(C)C)N(Cc1ccc(Cl)c(Cl)c1)C(=O)Cc1ccc(F)cc1. The Labute approximate surface area is 181 Å². The lowest BCUT2D eigenvalue weighted by Crippen LogP contribution is -2.50. The van der Waals surface area contributed by atoms with E-state index >= 15 is 0 Å². The van der Waals surface area contributed by atoms with Gasteiger partial charge >= 0.3 is 0 Å². The van der Waals surface area contributed by atoms with Gasteiger partial charge in [-0.15, -0.1) is 0 Å². The second-order valence-electron chi connectivity index (χ2n) is 7.16. The summed E-state index contributed by atoms with van der Waals surface area (Å²) in [6.45, 7) is 5.81. The van der Waals surface area contributed by atoms with Crippen LogP contribution >= 0.6 is 23.2 Å². The molecular weight excluding hydrogens is 414 g/mol. The molecule has 0 saturated heterocycles. The molecule has 0 radical (unpaired) electrons. The van der Waals surface area contributed by atoms with Crippen molar-refractivity contribution in [2.24, 2.45) is 0 Å². The quantitative estimate of drug-likeness (QED) is 0.629. The fourth-order valence-corrected chi connectivity index (χ4v) is 3.33. The van der Waals surface area contributed by atoms with Crippen LogP contribution in [-0.4, -0.2) is 28.8 Å². The van der Waals surface area contributed by atoms with Crippen molar-refractivity contribution in [2.75, 3.05) is 0 Å². The number of carbonyl (C=O) groups excluding carboxylic acids is 2. The van der Waals surface area contributed by atoms with Crippen LogP contribution in [0.5, 0.6) is 0 Å². The average Bonchev–Trinajstić information content (AvgIpc) is 2.65. The van der Waals surface area contributed by atoms with Crippen LogP contribution in [-0.2, 0) is 22.6 Å². The van der Waals surface area contributed by atoms with Crippen molar-refractivity contribution >= 4 is 35.0 Å². The standard InChI is InChI=1S/C22H25Cl2FN2O2/c1-4-20(22(29)26-14(2)3)27(13-16-7-10-18(23)19(24)11-16)21(28)12-15-5-8-17(25)9-6-15/h5-11,14,20H,4,12-13H2,1-3H3,(H,26,29)/t20-/m0/s1. The number of nitrogens with zero attached hydrogens (tertiary/aromatic N) is 1. The third-order valence-electron chi connectivity index (χ3n) is 4.42. The molecule has 0 aromatic heterocycles. The zero-order chi connectivity index (χ0) is 21.6. The lowest BCUT2D eigenvalue weighted by atomic mass is 10.1. The van der Waals surface area contributed by atoms with Crippen molar-refractivity contribution < 1.29 is 14.0 Å². The Morgan fingerprint density at radius 2 is 1.66 bits per heavy atom. The number of rotatable bonds is 8. The zero-order valence-electron chi connectivity index (χ0n) is 16.7. The molecule has 0 aliphatic carbocycles. The molecule has 2 aromatic carbocycles. The lowest BCUT2D eigenvalue weighted by molar-refractivity contribution is -0.141. The summed E-state index contributed by atoms with van der Waals surface area (Å²) in [7, 11) is 0. The smallest absolute Gasteiger partial charge is 0.243 e. The molecule has 7 heteroatoms. The molecule has 2 rings (SSSR count). The molecular formula is C22H25Cl2FN2O2. The second-order valence-corrected chi connectivity index (χ2v) is 7.98. The molecule has 0 saturated carbocycles. The van der Waals surface area contributed by atoms with Crippen LogP contribution in [0.4, 0.5) is 4.39 Å². The summed E-state index contributed by atoms with van der Waals surface area (Å²) in [5, 5.41) is 3.68. The van der Waals surface area contributed by atoms with Crippen LogP contribution < -0.4 is 5.32 Å². The Kier molecular flexibility index (Phi) is 8.47. The minimum Gasteiger partial charge on any atom is -0.352 e. The molecule has 156 valence electrons. The van der Waals surface area contributed by atoms with E-state index in [4.69, 9.17) is 23.2 Å². The lowest BCUT2D eigenvalue weighted by Gasteiger charge is -2.31. The number of hydrogen-bond acceptors (Lipinski definition) is 2. The molecule has 0 unspecified atom stereocenters. The highest BCUT2D eigenvalue weighted by molar-refractivity contribution is 6.42. The summed E-state index contributed by atoms with van der Waals surface area (Å²) in [6.07, 6.45) is 0.516. The summed E-state index contributed by atoms with van der Waals surface area (Å²) in [5.74, 6) is -0.805. The number of nitrogens with one attached hydrogen (secondary N) is 1. The van der Waals surface area contributed by atoms with Crippen molar-refractivity contribution in [2.45, 2.75) is 52.2 Å². The monoisotopic (exact) mass is 438 g/mol. The van der Waals surface area contributed by atoms with Crippen molar-refractivity contribution in [3.8, 4) is 0 Å². The van der Waals surface area contributed by atoms with E-state index in [1.54, 1.807) is 35.2 Å². The minimum absolute atomic E-state index is 0.0458. The Bertz CT molecular complexity index is 856. The van der Waals surface area contributed by atoms with E-state index in [0.717, 1.165) is 5.56 Å². The van der Waals surface area contributed by atoms with E-state index in [-0.39, 0.29) is 36.6 Å². The first-order valence-corrected chi connectivity index (χ1v) is 10.2. The Hall–Kier alpha value is -2.11. The number of halogens is 3. The van der Waals surface area contributed by atoms with Gasteiger partial charge in [0.25, 0.3) is 0 Å². The molecule has 0 aliphatic rings. The van der Waals surface area contributed by atoms with E-state index in [2.05, 4.69) is 5.32 Å². The first-order valence-electron chi connectivity index (χ1n) is 9.49. The highest BCUT2D eigenvalue weighted by atomic mass is 35.5. The summed E-state index contributed by atoms with van der Waals surface area (Å²) >= 11 is 12.1. The number of hydrogen-bond donors (Lipinski definition) is 1. The van der Waals surface area contributed by atoms with E-state index < -0.39 is 6.04 Å². The normalized spacial score (nSPS) is 12.0. The molecule has 1 N–H and O–H groups in total. The van der Waals surface area contributed by atoms with E-state index in [1.807, 2.05) is 20.8 Å². The Morgan fingerprint density at radius 1 is 1.03 bits per heavy atom. The molecule has 0 bridgehead atoms. The van der Waals surface area contributed by atoms with Gasteiger partial charge in [-0.2, -0.15) is 0 Å². The largest absolute Gasteiger partial charge is 0.352 e. The molecule has 0 spiro atoms. The van der Waals surface area contributed by atoms with Crippen LogP contribution in [0.25, 0.3) is 0 Å². The van der Waals surface area contributed by atoms with Crippen molar-refractivity contribution in [1.82, 2.24) is 10.2 Å². The van der Waals surface area contributed by atoms with Crippen molar-refractivity contribution in [3.05, 3.63) is 69.5 Å². The van der Waals surface area contributed by atoms with Crippen molar-refractivity contribution in [3.63, 3.8) is 0 Å². The molecule has 0 heterocycles. The first-order chi connectivity index (χ1) is 13.7. The fourth-order valence-electron chi connectivity index (χ4n) is 3.01. The van der Waals surface area contributed by atoms with E-state index in [0.29, 0.717) is 22.0 Å². The molecule has 0 fully saturated rings. The second kappa shape index (κ2) is 10.6. The predicted molar refractivity (Wildman–Crippen MR) is 114 cm³/mol. The summed E-state index contributed by atoms with van der Waals surface area (Å²) in [5.41, 5.74) is 1.44. The van der Waals surface area contributed by atoms with Gasteiger partial charge < -0.3 is 10.2 Å². The number of amides is 2. The van der Waals surface area contributed by atoms with Gasteiger partial charge in [0.05, 0.1) is 16.5 Å². The molecule has 2 aromatic rings. The van der Waals surface area contributed by atoms with Gasteiger partial charge in [-0.3, -0.25) is 9.59 Å². The summed E-state index contributed by atoms with van der Waals surface area (Å²) in [6, 6.07) is 10.2. The van der Waals surface area contributed by atoms with Gasteiger partial charge in [0.2, 0.25) is 11.8 Å². The third kappa shape index (κ3) is 6.72. The molecule has 1 atom stereocenters. The van der Waals surface area contributed by atoms with Gasteiger partial charge in [0, 0.05) is 12.6 Å². The van der Waals surface area contributed by atoms with Gasteiger partial charge in [-0.1, -0.05) is 48.3 Å². The number of carbonyl (C=O) groups is 2. The number of benzene rings is 2. The highest BCUT2D eigenvalue weighted by Gasteiger charge is 2.29. The molecule has 0 aliphatic heterocycles. The summed E-state index contributed by atoms with van der Waals surface area (Å²) in [4.78, 5) is 27.4. The van der Waals surface area contributed by atoms with Crippen LogP contribution in [0.15, 0.2) is 42.5 Å². The molecule has 2 amide bonds. The third-order valence-corrected chi connectivity index (χ3v) is 5.16. The van der Waals surface area contributed by atoms with E-state index in [1.165, 1.54) is 12.1 Å². The van der Waals surface area contributed by atoms with Crippen molar-refractivity contribution in [1.29, 1.82) is 0 Å². The maximum absolute atomic E-state index is 13.2. The Morgan fingerprint density at radius 3 is 2.21 bits per heavy atom. The van der Waals surface area contributed by atoms with Gasteiger partial charge in [0.15, 0.2) is 0 Å². The maximum atomic E-state index is 13.2. The first kappa shape index (κ1) is 23.2. The van der Waals surface area contributed by atoms with Crippen LogP contribution in [0.3, 0.4) is 0 Å². The van der Waals surface area contributed by atoms with Crippen LogP contribution in [0, 0.1) is 5.82 Å². The molecule has 4 nitrogen and oxygen atoms in total. The van der Waals surface area contributed by atoms with Gasteiger partial charge in [-0.05, 0) is 55.7 Å². The summed E-state index contributed by atoms with van der Waals surface area (Å²) < 4.78 is 13.2. The predicted octanol–water partition coefficient (Wildman–Crippen LogP) is 5.01. The Balaban J connectivity index is 2.31. The van der Waals surface area contributed by atoms with Crippen LogP contribution in [0.2, 0.25) is 10.0 Å². The van der Waals surface area contributed by atoms with Gasteiger partial charge in [-0.25, -0.2) is 4.39 Å². The van der Waals surface area contributed by atoms with Gasteiger partial charge in [0.1, 0.15) is 11.9 Å². The van der Waals surface area contributed by atoms with Crippen LogP contribution in [0.1, 0.15) is 38.3 Å². The topological polar surface area (TPSA) is 49.4 Å². The maximum Gasteiger partial charge on any atom is 0.243 e. The fraction of sp³-hybridized carbons (Fsp3) is 0.364. The minimum atomic E-state index is -0.639. The van der Waals surface area contributed by atoms with E-state index in [9.17, 15) is 14.0 Å². The highest BCUT2D eigenvalue weighted by Crippen LogP contribution is 2.24. The molecule has 29 heavy (non-hydrogen) atoms. The average molecular weight is 439 g/mol.